The summed E-state index contributed by atoms with van der Waals surface area (Å²) in [6, 6.07) is 5.13. The fourth-order valence-electron chi connectivity index (χ4n) is 13.7. The highest BCUT2D eigenvalue weighted by atomic mass is 16.7. The van der Waals surface area contributed by atoms with Gasteiger partial charge < -0.3 is 33.2 Å². The second-order valence-corrected chi connectivity index (χ2v) is 19.8. The average molecular weight is 832 g/mol. The fraction of sp³-hybridized carbons (Fsp3) is 0.723. The second kappa shape index (κ2) is 15.3. The number of carbonyl (C=O) groups excluding carboxylic acids is 5. The van der Waals surface area contributed by atoms with E-state index >= 15 is 0 Å². The maximum atomic E-state index is 14.1. The van der Waals surface area contributed by atoms with Crippen molar-refractivity contribution in [2.75, 3.05) is 13.2 Å². The van der Waals surface area contributed by atoms with Gasteiger partial charge in [-0.2, -0.15) is 0 Å². The van der Waals surface area contributed by atoms with Crippen molar-refractivity contribution in [1.82, 2.24) is 4.90 Å². The molecule has 0 N–H and O–H groups in total. The van der Waals surface area contributed by atoms with E-state index in [0.717, 1.165) is 50.0 Å². The van der Waals surface area contributed by atoms with Crippen molar-refractivity contribution >= 4 is 29.7 Å². The first-order valence-corrected chi connectivity index (χ1v) is 22.3. The van der Waals surface area contributed by atoms with E-state index in [0.29, 0.717) is 48.3 Å². The molecule has 0 bridgehead atoms. The molecule has 9 rings (SSSR count). The van der Waals surface area contributed by atoms with E-state index in [-0.39, 0.29) is 40.8 Å². The number of ether oxygens (including phenoxy) is 7. The summed E-state index contributed by atoms with van der Waals surface area (Å²) in [5.41, 5.74) is 1.92. The Morgan fingerprint density at radius 1 is 0.867 bits per heavy atom. The smallest absolute Gasteiger partial charge is 0.303 e. The van der Waals surface area contributed by atoms with Crippen molar-refractivity contribution < 1.29 is 57.1 Å². The summed E-state index contributed by atoms with van der Waals surface area (Å²) in [4.78, 5) is 66.5. The number of hydrogen-bond donors (Lipinski definition) is 0. The minimum Gasteiger partial charge on any atom is -0.463 e. The minimum atomic E-state index is -1.39. The minimum absolute atomic E-state index is 0.0218. The van der Waals surface area contributed by atoms with Crippen LogP contribution in [0.2, 0.25) is 0 Å². The largest absolute Gasteiger partial charge is 0.463 e. The van der Waals surface area contributed by atoms with Crippen molar-refractivity contribution in [2.24, 2.45) is 46.3 Å². The van der Waals surface area contributed by atoms with Crippen LogP contribution in [-0.2, 0) is 47.5 Å². The van der Waals surface area contributed by atoms with Gasteiger partial charge in [-0.05, 0) is 104 Å². The van der Waals surface area contributed by atoms with Crippen LogP contribution in [0.15, 0.2) is 35.9 Å². The molecule has 4 heterocycles. The number of esters is 3. The van der Waals surface area contributed by atoms with Crippen LogP contribution in [0.1, 0.15) is 127 Å². The molecular formula is C47H61NO12. The van der Waals surface area contributed by atoms with Crippen molar-refractivity contribution in [1.29, 1.82) is 0 Å². The van der Waals surface area contributed by atoms with Crippen LogP contribution < -0.4 is 0 Å². The summed E-state index contributed by atoms with van der Waals surface area (Å²) in [5.74, 6) is -0.605. The van der Waals surface area contributed by atoms with Gasteiger partial charge in [0.15, 0.2) is 24.3 Å². The summed E-state index contributed by atoms with van der Waals surface area (Å²) in [7, 11) is 0. The Balaban J connectivity index is 0.979. The Morgan fingerprint density at radius 2 is 1.57 bits per heavy atom. The molecule has 8 aliphatic rings. The van der Waals surface area contributed by atoms with Gasteiger partial charge in [-0.15, -0.1) is 0 Å². The van der Waals surface area contributed by atoms with Crippen LogP contribution in [0.5, 0.6) is 0 Å². The number of benzene rings is 1. The number of hydrogen-bond acceptors (Lipinski definition) is 12. The van der Waals surface area contributed by atoms with E-state index in [9.17, 15) is 24.0 Å². The molecule has 60 heavy (non-hydrogen) atoms. The quantitative estimate of drug-likeness (QED) is 0.127. The lowest BCUT2D eigenvalue weighted by atomic mass is 9.47. The van der Waals surface area contributed by atoms with Gasteiger partial charge in [0, 0.05) is 33.1 Å². The van der Waals surface area contributed by atoms with Crippen LogP contribution in [0.4, 0.5) is 0 Å². The van der Waals surface area contributed by atoms with Crippen LogP contribution in [-0.4, -0.2) is 96.5 Å². The SMILES string of the molecule is CC(=O)OC[C@H]1O[C@@H](O[C@H]2CC[C@@]3(C)C(=CC[C@H]4[C@@H]5C[C@@H]6O[C@]7(CC[C@@H](C)CO7)[C@@H](C)[C@@H]6[C@@]5(C)CC[C@@H]43)C2)[C@H](N2C(=O)c3ccccc3C2=O)[C@@H](OC(C)=O)[C@@H]1OC(C)=O. The second-order valence-electron chi connectivity index (χ2n) is 19.8. The molecule has 0 unspecified atom stereocenters. The molecule has 4 aliphatic carbocycles. The molecule has 2 amide bonds. The number of allylic oxidation sites excluding steroid dienone is 1. The van der Waals surface area contributed by atoms with Crippen molar-refractivity contribution in [3.05, 3.63) is 47.0 Å². The molecule has 3 saturated heterocycles. The van der Waals surface area contributed by atoms with Gasteiger partial charge in [-0.1, -0.05) is 51.5 Å². The third-order valence-electron chi connectivity index (χ3n) is 16.4. The molecule has 13 nitrogen and oxygen atoms in total. The number of fused-ring (bicyclic) bond motifs is 8. The summed E-state index contributed by atoms with van der Waals surface area (Å²) < 4.78 is 43.9. The van der Waals surface area contributed by atoms with E-state index in [1.807, 2.05) is 0 Å². The van der Waals surface area contributed by atoms with Gasteiger partial charge in [0.2, 0.25) is 0 Å². The molecule has 1 aromatic carbocycles. The summed E-state index contributed by atoms with van der Waals surface area (Å²) in [6.45, 7) is 13.7. The molecule has 326 valence electrons. The van der Waals surface area contributed by atoms with Crippen molar-refractivity contribution in [3.63, 3.8) is 0 Å². The topological polar surface area (TPSA) is 153 Å². The van der Waals surface area contributed by atoms with E-state index < -0.39 is 66.2 Å². The molecule has 16 atom stereocenters. The first kappa shape index (κ1) is 41.7. The standard InChI is InChI=1S/C47H61NO12/c1-24-14-19-47(55-22-24)25(2)38-36(60-47)21-35-33-13-12-29-20-30(15-17-45(29,6)34(33)16-18-46(35,38)7)58-44-39(48-42(52)31-10-8-9-11-32(31)43(48)53)41(57-28(5)51)40(56-27(4)50)37(59-44)23-54-26(3)49/h8-12,24-25,30,33-41,44H,13-23H2,1-7H3/t24-,25+,30+,33-,34+,35+,36+,37-,38+,39-,40-,41-,44-,45+,46+,47-/m1/s1. The third kappa shape index (κ3) is 6.66. The zero-order valence-corrected chi connectivity index (χ0v) is 36.0. The van der Waals surface area contributed by atoms with E-state index in [1.54, 1.807) is 24.3 Å². The van der Waals surface area contributed by atoms with E-state index in [4.69, 9.17) is 33.2 Å². The molecule has 0 radical (unpaired) electrons. The summed E-state index contributed by atoms with van der Waals surface area (Å²) in [5, 5.41) is 0. The lowest BCUT2D eigenvalue weighted by Crippen LogP contribution is -2.68. The summed E-state index contributed by atoms with van der Waals surface area (Å²) >= 11 is 0. The van der Waals surface area contributed by atoms with Gasteiger partial charge in [0.05, 0.1) is 29.9 Å². The Kier molecular flexibility index (Phi) is 10.6. The van der Waals surface area contributed by atoms with Gasteiger partial charge in [-0.25, -0.2) is 0 Å². The highest BCUT2D eigenvalue weighted by Gasteiger charge is 2.69. The number of nitrogens with zero attached hydrogens (tertiary/aromatic N) is 1. The third-order valence-corrected chi connectivity index (χ3v) is 16.4. The zero-order valence-electron chi connectivity index (χ0n) is 36.0. The Labute approximate surface area is 352 Å². The van der Waals surface area contributed by atoms with Crippen LogP contribution >= 0.6 is 0 Å². The van der Waals surface area contributed by atoms with Crippen molar-refractivity contribution in [2.45, 2.75) is 155 Å². The molecule has 3 saturated carbocycles. The lowest BCUT2D eigenvalue weighted by Gasteiger charge is -2.59. The van der Waals surface area contributed by atoms with E-state index in [2.05, 4.69) is 33.8 Å². The molecule has 4 aliphatic heterocycles. The number of carbonyl (C=O) groups is 5. The normalized spacial score (nSPS) is 44.2. The molecule has 1 aromatic rings. The monoisotopic (exact) mass is 831 g/mol. The number of rotatable bonds is 7. The molecule has 0 aromatic heterocycles. The first-order valence-electron chi connectivity index (χ1n) is 22.3. The highest BCUT2D eigenvalue weighted by molar-refractivity contribution is 6.21. The number of imide groups is 1. The van der Waals surface area contributed by atoms with Crippen molar-refractivity contribution in [3.8, 4) is 0 Å². The Bertz CT molecular complexity index is 1920. The van der Waals surface area contributed by atoms with Gasteiger partial charge >= 0.3 is 17.9 Å². The van der Waals surface area contributed by atoms with Gasteiger partial charge in [0.25, 0.3) is 11.8 Å². The number of amides is 2. The Morgan fingerprint density at radius 3 is 2.22 bits per heavy atom. The zero-order chi connectivity index (χ0) is 42.5. The fourth-order valence-corrected chi connectivity index (χ4v) is 13.7. The van der Waals surface area contributed by atoms with E-state index in [1.165, 1.54) is 32.8 Å². The maximum absolute atomic E-state index is 14.1. The maximum Gasteiger partial charge on any atom is 0.303 e. The Hall–Kier alpha value is -3.65. The molecule has 13 heteroatoms. The van der Waals surface area contributed by atoms with Gasteiger partial charge in [0.1, 0.15) is 18.8 Å². The predicted molar refractivity (Wildman–Crippen MR) is 214 cm³/mol. The highest BCUT2D eigenvalue weighted by Crippen LogP contribution is 2.70. The van der Waals surface area contributed by atoms with Crippen LogP contribution in [0.3, 0.4) is 0 Å². The predicted octanol–water partition coefficient (Wildman–Crippen LogP) is 6.55. The molecule has 1 spiro atoms. The van der Waals surface area contributed by atoms with Crippen LogP contribution in [0.25, 0.3) is 0 Å². The summed E-state index contributed by atoms with van der Waals surface area (Å²) in [6.07, 6.45) is 5.88. The lowest BCUT2D eigenvalue weighted by molar-refractivity contribution is -0.297. The van der Waals surface area contributed by atoms with Gasteiger partial charge in [-0.3, -0.25) is 28.9 Å². The van der Waals surface area contributed by atoms with Crippen LogP contribution in [0, 0.1) is 46.3 Å². The average Bonchev–Trinajstić information content (AvgIpc) is 3.75. The first-order chi connectivity index (χ1) is 28.5. The molecule has 6 fully saturated rings. The molecular weight excluding hydrogens is 771 g/mol.